The minimum absolute atomic E-state index is 0.621. The van der Waals surface area contributed by atoms with Gasteiger partial charge in [0.05, 0.1) is 28.1 Å². The molecule has 0 N–H and O–H groups in total. The van der Waals surface area contributed by atoms with Gasteiger partial charge in [-0.25, -0.2) is 9.97 Å². The number of rotatable bonds is 3. The van der Waals surface area contributed by atoms with Gasteiger partial charge in [-0.2, -0.15) is 0 Å². The van der Waals surface area contributed by atoms with E-state index in [0.29, 0.717) is 12.2 Å². The van der Waals surface area contributed by atoms with E-state index in [9.17, 15) is 0 Å². The van der Waals surface area contributed by atoms with Gasteiger partial charge in [0.2, 0.25) is 0 Å². The molecule has 2 aliphatic rings. The monoisotopic (exact) mass is 907 g/mol. The van der Waals surface area contributed by atoms with Crippen molar-refractivity contribution >= 4 is 108 Å². The highest BCUT2D eigenvalue weighted by Crippen LogP contribution is 2.52. The first-order valence-corrected chi connectivity index (χ1v) is 24.7. The molecule has 15 aromatic rings. The molecule has 0 atom stereocenters. The van der Waals surface area contributed by atoms with Crippen LogP contribution >= 0.6 is 11.3 Å². The van der Waals surface area contributed by atoms with E-state index in [1.165, 1.54) is 74.5 Å². The summed E-state index contributed by atoms with van der Waals surface area (Å²) in [4.78, 5) is 11.7. The highest BCUT2D eigenvalue weighted by atomic mass is 32.1. The lowest BCUT2D eigenvalue weighted by Gasteiger charge is -2.22. The SMILES string of the molecule is c1ccc(-c2cccc(-c3nc(-c4ccc5oc6ccccc6c5c4)nc4c3Cc3ccc5c(ccc6c7cc8ccccc8cc7n(c56)-c5c-4c4ccccc4c4sc6ccccc6c54)c3)c2)cc1. The molecule has 4 bridgehead atoms. The van der Waals surface area contributed by atoms with Gasteiger partial charge in [-0.15, -0.1) is 11.3 Å². The van der Waals surface area contributed by atoms with Crippen molar-refractivity contribution in [3.63, 3.8) is 0 Å². The average molecular weight is 908 g/mol. The lowest BCUT2D eigenvalue weighted by molar-refractivity contribution is 0.669. The minimum Gasteiger partial charge on any atom is -0.456 e. The smallest absolute Gasteiger partial charge is 0.160 e. The minimum atomic E-state index is 0.621. The molecular weight excluding hydrogens is 871 g/mol. The molecule has 6 heterocycles. The number of furan rings is 1. The fourth-order valence-corrected chi connectivity index (χ4v) is 13.0. The van der Waals surface area contributed by atoms with E-state index >= 15 is 0 Å². The second-order valence-electron chi connectivity index (χ2n) is 18.8. The molecule has 2 aliphatic heterocycles. The van der Waals surface area contributed by atoms with Crippen molar-refractivity contribution in [2.75, 3.05) is 0 Å². The van der Waals surface area contributed by atoms with Crippen LogP contribution in [0.25, 0.3) is 147 Å². The normalized spacial score (nSPS) is 12.5. The van der Waals surface area contributed by atoms with Crippen molar-refractivity contribution < 1.29 is 4.42 Å². The summed E-state index contributed by atoms with van der Waals surface area (Å²) in [6, 6.07) is 77.7. The summed E-state index contributed by atoms with van der Waals surface area (Å²) in [6.07, 6.45) is 0.621. The van der Waals surface area contributed by atoms with Crippen LogP contribution in [0.5, 0.6) is 0 Å². The van der Waals surface area contributed by atoms with Gasteiger partial charge < -0.3 is 8.98 Å². The third kappa shape index (κ3) is 5.41. The summed E-state index contributed by atoms with van der Waals surface area (Å²) in [6.45, 7) is 0. The van der Waals surface area contributed by atoms with E-state index in [1.807, 2.05) is 23.5 Å². The molecule has 0 saturated carbocycles. The van der Waals surface area contributed by atoms with E-state index < -0.39 is 0 Å². The molecule has 0 unspecified atom stereocenters. The third-order valence-electron chi connectivity index (χ3n) is 14.9. The maximum atomic E-state index is 6.39. The highest BCUT2D eigenvalue weighted by Gasteiger charge is 2.30. The van der Waals surface area contributed by atoms with Gasteiger partial charge in [0.25, 0.3) is 0 Å². The predicted octanol–water partition coefficient (Wildman–Crippen LogP) is 17.9. The Bertz CT molecular complexity index is 4750. The first-order chi connectivity index (χ1) is 34.7. The molecule has 0 fully saturated rings. The molecular formula is C65H37N3OS. The molecule has 4 aromatic heterocycles. The number of hydrogen-bond acceptors (Lipinski definition) is 4. The van der Waals surface area contributed by atoms with Crippen LogP contribution in [0.2, 0.25) is 0 Å². The van der Waals surface area contributed by atoms with Crippen LogP contribution in [-0.2, 0) is 6.42 Å². The molecule has 0 spiro atoms. The van der Waals surface area contributed by atoms with Crippen LogP contribution in [0.1, 0.15) is 11.1 Å². The first-order valence-electron chi connectivity index (χ1n) is 23.9. The Morgan fingerprint density at radius 1 is 0.429 bits per heavy atom. The maximum Gasteiger partial charge on any atom is 0.160 e. The summed E-state index contributed by atoms with van der Waals surface area (Å²) in [7, 11) is 0. The molecule has 0 aliphatic carbocycles. The number of nitrogens with zero attached hydrogens (tertiary/aromatic N) is 3. The van der Waals surface area contributed by atoms with E-state index in [0.717, 1.165) is 77.8 Å². The standard InChI is InChI=1S/C65H37N3OS/c1-2-13-38(14-3-1)39-17-12-18-43(33-39)60-53-32-37-25-28-45-42(31-37)26-29-48-51-34-40-15-4-5-16-41(40)36-54(51)68(62(45)48)63-58(47-20-6-7-21-49(47)64-59(63)50-22-9-11-24-57(50)70-64)61(53)67-65(66-60)44-27-30-56-52(35-44)46-19-8-10-23-55(46)69-56/h1-31,33-36H,32H2. The molecule has 70 heavy (non-hydrogen) atoms. The van der Waals surface area contributed by atoms with Crippen molar-refractivity contribution in [1.29, 1.82) is 0 Å². The van der Waals surface area contributed by atoms with Gasteiger partial charge >= 0.3 is 0 Å². The predicted molar refractivity (Wildman–Crippen MR) is 294 cm³/mol. The highest BCUT2D eigenvalue weighted by molar-refractivity contribution is 7.26. The van der Waals surface area contributed by atoms with Crippen molar-refractivity contribution in [2.24, 2.45) is 0 Å². The Hall–Kier alpha value is -8.90. The maximum absolute atomic E-state index is 6.39. The number of hydrogen-bond donors (Lipinski definition) is 0. The second kappa shape index (κ2) is 14.3. The molecule has 0 saturated heterocycles. The Balaban J connectivity index is 1.14. The van der Waals surface area contributed by atoms with E-state index in [1.54, 1.807) is 0 Å². The van der Waals surface area contributed by atoms with Crippen LogP contribution in [0.15, 0.2) is 217 Å². The van der Waals surface area contributed by atoms with Gasteiger partial charge in [-0.1, -0.05) is 164 Å². The largest absolute Gasteiger partial charge is 0.456 e. The molecule has 17 rings (SSSR count). The third-order valence-corrected chi connectivity index (χ3v) is 16.1. The van der Waals surface area contributed by atoms with E-state index in [4.69, 9.17) is 14.4 Å². The molecule has 4 nitrogen and oxygen atoms in total. The fraction of sp³-hybridized carbons (Fsp3) is 0.0154. The zero-order valence-corrected chi connectivity index (χ0v) is 38.4. The zero-order chi connectivity index (χ0) is 45.6. The summed E-state index contributed by atoms with van der Waals surface area (Å²) in [5.41, 5.74) is 14.7. The number of thiophene rings is 1. The summed E-state index contributed by atoms with van der Waals surface area (Å²) >= 11 is 1.89. The molecule has 5 heteroatoms. The fourth-order valence-electron chi connectivity index (χ4n) is 11.8. The van der Waals surface area contributed by atoms with Crippen LogP contribution < -0.4 is 0 Å². The summed E-state index contributed by atoms with van der Waals surface area (Å²) in [5.74, 6) is 0.664. The van der Waals surface area contributed by atoms with Gasteiger partial charge in [0, 0.05) is 81.2 Å². The first kappa shape index (κ1) is 38.1. The van der Waals surface area contributed by atoms with Crippen LogP contribution in [-0.4, -0.2) is 14.5 Å². The number of benzene rings is 11. The van der Waals surface area contributed by atoms with Crippen molar-refractivity contribution in [3.8, 4) is 50.7 Å². The lowest BCUT2D eigenvalue weighted by atomic mass is 9.89. The van der Waals surface area contributed by atoms with Gasteiger partial charge in [0.15, 0.2) is 5.82 Å². The van der Waals surface area contributed by atoms with Crippen LogP contribution in [0.4, 0.5) is 0 Å². The second-order valence-corrected chi connectivity index (χ2v) is 19.8. The quantitative estimate of drug-likeness (QED) is 0.177. The lowest BCUT2D eigenvalue weighted by Crippen LogP contribution is -2.07. The number of para-hydroxylation sites is 1. The summed E-state index contributed by atoms with van der Waals surface area (Å²) in [5, 5.41) is 14.3. The Morgan fingerprint density at radius 3 is 2.04 bits per heavy atom. The van der Waals surface area contributed by atoms with Gasteiger partial charge in [-0.05, 0) is 86.8 Å². The Morgan fingerprint density at radius 2 is 1.14 bits per heavy atom. The average Bonchev–Trinajstić information content (AvgIpc) is 4.09. The summed E-state index contributed by atoms with van der Waals surface area (Å²) < 4.78 is 11.5. The molecule has 0 amide bonds. The van der Waals surface area contributed by atoms with Crippen molar-refractivity contribution in [1.82, 2.24) is 14.5 Å². The molecule has 11 aromatic carbocycles. The van der Waals surface area contributed by atoms with E-state index in [2.05, 4.69) is 205 Å². The molecule has 324 valence electrons. The van der Waals surface area contributed by atoms with Crippen LogP contribution in [0, 0.1) is 0 Å². The van der Waals surface area contributed by atoms with Gasteiger partial charge in [0.1, 0.15) is 11.2 Å². The van der Waals surface area contributed by atoms with Crippen molar-refractivity contribution in [2.45, 2.75) is 6.42 Å². The van der Waals surface area contributed by atoms with Gasteiger partial charge in [-0.3, -0.25) is 0 Å². The van der Waals surface area contributed by atoms with Crippen molar-refractivity contribution in [3.05, 3.63) is 223 Å². The number of aromatic nitrogens is 3. The topological polar surface area (TPSA) is 43.9 Å². The van der Waals surface area contributed by atoms with Crippen LogP contribution in [0.3, 0.4) is 0 Å². The Labute approximate surface area is 405 Å². The van der Waals surface area contributed by atoms with E-state index in [-0.39, 0.29) is 0 Å². The molecule has 0 radical (unpaired) electrons. The number of fused-ring (bicyclic) bond motifs is 12. The Kier molecular flexibility index (Phi) is 7.79. The zero-order valence-electron chi connectivity index (χ0n) is 37.6.